The van der Waals surface area contributed by atoms with Crippen LogP contribution in [0.15, 0.2) is 0 Å². The summed E-state index contributed by atoms with van der Waals surface area (Å²) in [6.45, 7) is 7.71. The van der Waals surface area contributed by atoms with Gasteiger partial charge in [0, 0.05) is 0 Å². The highest BCUT2D eigenvalue weighted by molar-refractivity contribution is 7.41. The zero-order chi connectivity index (χ0) is 11.4. The van der Waals surface area contributed by atoms with E-state index in [1.807, 2.05) is 20.8 Å². The number of hydrogen-bond acceptors (Lipinski definition) is 6. The smallest absolute Gasteiger partial charge is 0.328 e. The zero-order valence-electron chi connectivity index (χ0n) is 8.58. The van der Waals surface area contributed by atoms with E-state index in [0.717, 1.165) is 0 Å². The SMILES string of the molecule is CCOP(OCC)OCC.OP(O)O. The maximum absolute atomic E-state index is 7.23. The molecule has 6 nitrogen and oxygen atoms in total. The number of hydrogen-bond donors (Lipinski definition) is 3. The average molecular weight is 248 g/mol. The highest BCUT2D eigenvalue weighted by Crippen LogP contribution is 2.38. The van der Waals surface area contributed by atoms with Gasteiger partial charge in [-0.1, -0.05) is 0 Å². The second-order valence-electron chi connectivity index (χ2n) is 1.75. The van der Waals surface area contributed by atoms with E-state index in [1.54, 1.807) is 0 Å². The fourth-order valence-electron chi connectivity index (χ4n) is 0.428. The van der Waals surface area contributed by atoms with Crippen LogP contribution in [-0.2, 0) is 13.6 Å². The minimum absolute atomic E-state index is 0.645. The van der Waals surface area contributed by atoms with E-state index in [9.17, 15) is 0 Å². The summed E-state index contributed by atoms with van der Waals surface area (Å²) in [5, 5.41) is 0. The minimum Gasteiger partial charge on any atom is -0.328 e. The molecule has 0 aromatic carbocycles. The molecule has 0 aliphatic rings. The average Bonchev–Trinajstić information content (AvgIpc) is 2.04. The molecule has 0 heterocycles. The summed E-state index contributed by atoms with van der Waals surface area (Å²) in [5.74, 6) is 0. The van der Waals surface area contributed by atoms with Crippen molar-refractivity contribution in [3.8, 4) is 0 Å². The summed E-state index contributed by atoms with van der Waals surface area (Å²) in [6, 6.07) is 0. The van der Waals surface area contributed by atoms with Crippen molar-refractivity contribution in [2.24, 2.45) is 0 Å². The van der Waals surface area contributed by atoms with E-state index in [-0.39, 0.29) is 0 Å². The molecule has 0 saturated carbocycles. The lowest BCUT2D eigenvalue weighted by atomic mass is 10.9. The van der Waals surface area contributed by atoms with Crippen molar-refractivity contribution in [2.75, 3.05) is 19.8 Å². The molecule has 0 saturated heterocycles. The van der Waals surface area contributed by atoms with Gasteiger partial charge in [0.25, 0.3) is 0 Å². The molecule has 0 fully saturated rings. The van der Waals surface area contributed by atoms with E-state index in [1.165, 1.54) is 0 Å². The Balaban J connectivity index is 0. The van der Waals surface area contributed by atoms with Crippen molar-refractivity contribution < 1.29 is 28.3 Å². The summed E-state index contributed by atoms with van der Waals surface area (Å²) >= 11 is 0. The summed E-state index contributed by atoms with van der Waals surface area (Å²) in [7, 11) is -3.68. The van der Waals surface area contributed by atoms with E-state index < -0.39 is 17.2 Å². The maximum Gasteiger partial charge on any atom is 0.332 e. The topological polar surface area (TPSA) is 88.4 Å². The molecule has 8 heteroatoms. The van der Waals surface area contributed by atoms with E-state index in [2.05, 4.69) is 0 Å². The van der Waals surface area contributed by atoms with Gasteiger partial charge in [0.2, 0.25) is 0 Å². The monoisotopic (exact) mass is 248 g/mol. The Kier molecular flexibility index (Phi) is 16.6. The molecule has 14 heavy (non-hydrogen) atoms. The molecule has 0 radical (unpaired) electrons. The summed E-state index contributed by atoms with van der Waals surface area (Å²) in [5.41, 5.74) is 0. The van der Waals surface area contributed by atoms with E-state index >= 15 is 0 Å². The Morgan fingerprint density at radius 2 is 1.00 bits per heavy atom. The lowest BCUT2D eigenvalue weighted by Crippen LogP contribution is -1.94. The lowest BCUT2D eigenvalue weighted by molar-refractivity contribution is 0.176. The quantitative estimate of drug-likeness (QED) is 0.617. The first-order valence-corrected chi connectivity index (χ1v) is 6.43. The largest absolute Gasteiger partial charge is 0.332 e. The predicted octanol–water partition coefficient (Wildman–Crippen LogP) is 1.51. The van der Waals surface area contributed by atoms with Crippen molar-refractivity contribution in [2.45, 2.75) is 20.8 Å². The first-order valence-electron chi connectivity index (χ1n) is 4.14. The zero-order valence-corrected chi connectivity index (χ0v) is 10.4. The van der Waals surface area contributed by atoms with Crippen LogP contribution >= 0.6 is 17.2 Å². The molecule has 0 rings (SSSR count). The molecule has 0 bridgehead atoms. The van der Waals surface area contributed by atoms with Crippen LogP contribution in [-0.4, -0.2) is 34.5 Å². The van der Waals surface area contributed by atoms with Crippen LogP contribution < -0.4 is 0 Å². The van der Waals surface area contributed by atoms with Gasteiger partial charge in [-0.25, -0.2) is 0 Å². The van der Waals surface area contributed by atoms with Gasteiger partial charge in [-0.05, 0) is 20.8 Å². The molecule has 0 aromatic rings. The predicted molar refractivity (Wildman–Crippen MR) is 55.4 cm³/mol. The normalized spacial score (nSPS) is 10.3. The standard InChI is InChI=1S/C6H15O3P.H3O3P/c1-4-7-10(8-5-2)9-6-3;1-4(2)3/h4-6H2,1-3H3;1-3H. The molecule has 0 atom stereocenters. The van der Waals surface area contributed by atoms with Gasteiger partial charge in [0.05, 0.1) is 19.8 Å². The number of rotatable bonds is 6. The Bertz CT molecular complexity index is 87.3. The van der Waals surface area contributed by atoms with Crippen LogP contribution in [0.1, 0.15) is 20.8 Å². The van der Waals surface area contributed by atoms with Crippen molar-refractivity contribution in [3.05, 3.63) is 0 Å². The van der Waals surface area contributed by atoms with Crippen LogP contribution in [0.25, 0.3) is 0 Å². The fraction of sp³-hybridized carbons (Fsp3) is 1.00. The third-order valence-electron chi connectivity index (χ3n) is 0.704. The van der Waals surface area contributed by atoms with E-state index in [0.29, 0.717) is 19.8 Å². The third-order valence-corrected chi connectivity index (χ3v) is 2.11. The second kappa shape index (κ2) is 13.6. The summed E-state index contributed by atoms with van der Waals surface area (Å²) in [6.07, 6.45) is 0. The van der Waals surface area contributed by atoms with Gasteiger partial charge in [-0.3, -0.25) is 0 Å². The van der Waals surface area contributed by atoms with Crippen LogP contribution in [0.2, 0.25) is 0 Å². The Hall–Kier alpha value is 0.620. The molecule has 0 spiro atoms. The Labute approximate surface area is 86.8 Å². The third kappa shape index (κ3) is 18.4. The first kappa shape index (κ1) is 17.0. The van der Waals surface area contributed by atoms with Gasteiger partial charge in [-0.15, -0.1) is 0 Å². The van der Waals surface area contributed by atoms with Crippen LogP contribution in [0.3, 0.4) is 0 Å². The Morgan fingerprint density at radius 3 is 1.14 bits per heavy atom. The van der Waals surface area contributed by atoms with Gasteiger partial charge in [0.15, 0.2) is 0 Å². The fourth-order valence-corrected chi connectivity index (χ4v) is 1.28. The van der Waals surface area contributed by atoms with Crippen molar-refractivity contribution in [1.29, 1.82) is 0 Å². The molecular weight excluding hydrogens is 230 g/mol. The van der Waals surface area contributed by atoms with E-state index in [4.69, 9.17) is 28.3 Å². The van der Waals surface area contributed by atoms with Crippen LogP contribution in [0, 0.1) is 0 Å². The molecule has 88 valence electrons. The molecule has 0 aromatic heterocycles. The van der Waals surface area contributed by atoms with Crippen molar-refractivity contribution in [3.63, 3.8) is 0 Å². The van der Waals surface area contributed by atoms with Crippen molar-refractivity contribution in [1.82, 2.24) is 0 Å². The first-order chi connectivity index (χ1) is 6.58. The highest BCUT2D eigenvalue weighted by Gasteiger charge is 2.07. The van der Waals surface area contributed by atoms with Gasteiger partial charge < -0.3 is 28.3 Å². The molecule has 0 amide bonds. The second-order valence-corrected chi connectivity index (χ2v) is 3.50. The highest BCUT2D eigenvalue weighted by atomic mass is 31.2. The molecule has 0 aliphatic heterocycles. The molecular formula is C6H18O6P2. The van der Waals surface area contributed by atoms with Crippen LogP contribution in [0.4, 0.5) is 0 Å². The molecule has 3 N–H and O–H groups in total. The molecule has 0 unspecified atom stereocenters. The Morgan fingerprint density at radius 1 is 0.786 bits per heavy atom. The van der Waals surface area contributed by atoms with Gasteiger partial charge in [0.1, 0.15) is 0 Å². The lowest BCUT2D eigenvalue weighted by Gasteiger charge is -2.12. The minimum atomic E-state index is -2.62. The molecule has 0 aliphatic carbocycles. The van der Waals surface area contributed by atoms with Gasteiger partial charge in [-0.2, -0.15) is 0 Å². The summed E-state index contributed by atoms with van der Waals surface area (Å²) in [4.78, 5) is 21.7. The van der Waals surface area contributed by atoms with Crippen molar-refractivity contribution >= 4 is 17.2 Å². The van der Waals surface area contributed by atoms with Crippen LogP contribution in [0.5, 0.6) is 0 Å². The van der Waals surface area contributed by atoms with Gasteiger partial charge >= 0.3 is 17.2 Å². The maximum atomic E-state index is 7.23. The summed E-state index contributed by atoms with van der Waals surface area (Å²) < 4.78 is 15.4.